The first-order chi connectivity index (χ1) is 7.42. The summed E-state index contributed by atoms with van der Waals surface area (Å²) in [6, 6.07) is 0. The van der Waals surface area contributed by atoms with Crippen LogP contribution in [0.2, 0.25) is 0 Å². The minimum Gasteiger partial charge on any atom is -0.478 e. The fourth-order valence-corrected chi connectivity index (χ4v) is 1.85. The Hall–Kier alpha value is -1.59. The quantitative estimate of drug-likeness (QED) is 0.723. The van der Waals surface area contributed by atoms with Crippen molar-refractivity contribution in [3.05, 3.63) is 0 Å². The Balaban J connectivity index is 1.92. The fourth-order valence-electron chi connectivity index (χ4n) is 1.85. The van der Waals surface area contributed by atoms with Gasteiger partial charge in [-0.25, -0.2) is 4.79 Å². The van der Waals surface area contributed by atoms with E-state index in [1.165, 1.54) is 13.8 Å². The van der Waals surface area contributed by atoms with Crippen LogP contribution < -0.4 is 0 Å². The molecular formula is C10H14N2O4. The normalized spacial score (nSPS) is 29.4. The van der Waals surface area contributed by atoms with Crippen molar-refractivity contribution in [3.8, 4) is 0 Å². The molecule has 1 N–H and O–H groups in total. The van der Waals surface area contributed by atoms with Crippen LogP contribution in [0, 0.1) is 5.92 Å². The largest absolute Gasteiger partial charge is 0.478 e. The minimum atomic E-state index is -1.23. The van der Waals surface area contributed by atoms with Gasteiger partial charge in [0.25, 0.3) is 0 Å². The molecule has 2 aliphatic heterocycles. The summed E-state index contributed by atoms with van der Waals surface area (Å²) >= 11 is 0. The van der Waals surface area contributed by atoms with E-state index in [4.69, 9.17) is 9.94 Å². The third kappa shape index (κ3) is 1.64. The van der Waals surface area contributed by atoms with Crippen LogP contribution in [-0.2, 0) is 14.4 Å². The van der Waals surface area contributed by atoms with Crippen molar-refractivity contribution in [2.45, 2.75) is 25.9 Å². The van der Waals surface area contributed by atoms with Gasteiger partial charge in [-0.3, -0.25) is 4.79 Å². The molecule has 1 atom stereocenters. The first kappa shape index (κ1) is 10.9. The molecule has 1 unspecified atom stereocenters. The number of carboxylic acids is 1. The number of rotatable bonds is 2. The van der Waals surface area contributed by atoms with Crippen molar-refractivity contribution in [2.24, 2.45) is 11.1 Å². The monoisotopic (exact) mass is 226 g/mol. The zero-order valence-corrected chi connectivity index (χ0v) is 9.27. The second kappa shape index (κ2) is 3.47. The van der Waals surface area contributed by atoms with Gasteiger partial charge in [-0.1, -0.05) is 5.16 Å². The van der Waals surface area contributed by atoms with Gasteiger partial charge in [0.05, 0.1) is 5.71 Å². The lowest BCUT2D eigenvalue weighted by Gasteiger charge is -2.38. The topological polar surface area (TPSA) is 79.2 Å². The zero-order chi connectivity index (χ0) is 11.9. The van der Waals surface area contributed by atoms with Gasteiger partial charge in [0.2, 0.25) is 11.5 Å². The van der Waals surface area contributed by atoms with E-state index < -0.39 is 11.6 Å². The average Bonchev–Trinajstić information content (AvgIpc) is 2.46. The number of amides is 1. The highest BCUT2D eigenvalue weighted by atomic mass is 16.7. The molecule has 88 valence electrons. The minimum absolute atomic E-state index is 0.0387. The van der Waals surface area contributed by atoms with Crippen LogP contribution >= 0.6 is 0 Å². The van der Waals surface area contributed by atoms with E-state index in [0.29, 0.717) is 19.5 Å². The van der Waals surface area contributed by atoms with Gasteiger partial charge in [-0.05, 0) is 6.92 Å². The molecule has 0 spiro atoms. The van der Waals surface area contributed by atoms with E-state index in [1.807, 2.05) is 0 Å². The van der Waals surface area contributed by atoms with E-state index in [0.717, 1.165) is 5.71 Å². The first-order valence-electron chi connectivity index (χ1n) is 5.16. The first-order valence-corrected chi connectivity index (χ1v) is 5.16. The lowest BCUT2D eigenvalue weighted by atomic mass is 9.87. The molecule has 0 aromatic heterocycles. The molecule has 1 fully saturated rings. The lowest BCUT2D eigenvalue weighted by molar-refractivity contribution is -0.160. The molecule has 0 aromatic carbocycles. The Labute approximate surface area is 92.9 Å². The van der Waals surface area contributed by atoms with E-state index in [9.17, 15) is 9.59 Å². The number of oxime groups is 1. The Bertz CT molecular complexity index is 373. The zero-order valence-electron chi connectivity index (χ0n) is 9.27. The van der Waals surface area contributed by atoms with E-state index in [2.05, 4.69) is 5.16 Å². The molecule has 16 heavy (non-hydrogen) atoms. The Morgan fingerprint density at radius 1 is 1.56 bits per heavy atom. The van der Waals surface area contributed by atoms with Gasteiger partial charge in [-0.15, -0.1) is 0 Å². The second-order valence-corrected chi connectivity index (χ2v) is 4.51. The van der Waals surface area contributed by atoms with E-state index >= 15 is 0 Å². The molecule has 0 radical (unpaired) electrons. The molecular weight excluding hydrogens is 212 g/mol. The smallest absolute Gasteiger partial charge is 0.351 e. The van der Waals surface area contributed by atoms with Gasteiger partial charge < -0.3 is 14.8 Å². The number of carbonyl (C=O) groups excluding carboxylic acids is 1. The molecule has 0 aliphatic carbocycles. The number of carbonyl (C=O) groups is 2. The van der Waals surface area contributed by atoms with Crippen LogP contribution in [0.15, 0.2) is 5.16 Å². The molecule has 2 rings (SSSR count). The van der Waals surface area contributed by atoms with Crippen LogP contribution in [-0.4, -0.2) is 46.3 Å². The number of nitrogens with zero attached hydrogens (tertiary/aromatic N) is 2. The van der Waals surface area contributed by atoms with Crippen molar-refractivity contribution >= 4 is 17.6 Å². The highest BCUT2D eigenvalue weighted by Gasteiger charge is 2.46. The molecule has 2 heterocycles. The summed E-state index contributed by atoms with van der Waals surface area (Å²) in [6.07, 6.45) is 0.304. The number of likely N-dealkylation sites (tertiary alicyclic amines) is 1. The van der Waals surface area contributed by atoms with Crippen molar-refractivity contribution in [2.75, 3.05) is 13.1 Å². The third-order valence-corrected chi connectivity index (χ3v) is 3.13. The average molecular weight is 226 g/mol. The van der Waals surface area contributed by atoms with Gasteiger partial charge in [0, 0.05) is 32.4 Å². The van der Waals surface area contributed by atoms with Crippen molar-refractivity contribution in [1.29, 1.82) is 0 Å². The van der Waals surface area contributed by atoms with Crippen molar-refractivity contribution in [1.82, 2.24) is 4.90 Å². The summed E-state index contributed by atoms with van der Waals surface area (Å²) in [5.41, 5.74) is -0.478. The summed E-state index contributed by atoms with van der Waals surface area (Å²) in [5, 5.41) is 12.8. The molecule has 1 amide bonds. The second-order valence-electron chi connectivity index (χ2n) is 4.51. The standard InChI is InChI=1S/C10H14N2O4/c1-6(13)12-4-7(5-12)8-3-10(2,9(14)15)16-11-8/h7H,3-5H2,1-2H3,(H,14,15). The highest BCUT2D eigenvalue weighted by Crippen LogP contribution is 2.30. The Morgan fingerprint density at radius 3 is 2.62 bits per heavy atom. The third-order valence-electron chi connectivity index (χ3n) is 3.13. The predicted octanol–water partition coefficient (Wildman–Crippen LogP) is 0.0843. The number of aliphatic carboxylic acids is 1. The summed E-state index contributed by atoms with van der Waals surface area (Å²) in [5.74, 6) is -0.809. The number of carboxylic acid groups (broad SMARTS) is 1. The van der Waals surface area contributed by atoms with Crippen LogP contribution in [0.25, 0.3) is 0 Å². The predicted molar refractivity (Wildman–Crippen MR) is 54.9 cm³/mol. The highest BCUT2D eigenvalue weighted by molar-refractivity contribution is 5.95. The number of hydrogen-bond donors (Lipinski definition) is 1. The summed E-state index contributed by atoms with van der Waals surface area (Å²) in [4.78, 5) is 28.5. The maximum atomic E-state index is 11.0. The molecule has 6 nitrogen and oxygen atoms in total. The van der Waals surface area contributed by atoms with Crippen LogP contribution in [0.1, 0.15) is 20.3 Å². The molecule has 2 aliphatic rings. The SMILES string of the molecule is CC(=O)N1CC(C2=NOC(C)(C(=O)O)C2)C1. The molecule has 6 heteroatoms. The maximum absolute atomic E-state index is 11.0. The molecule has 0 bridgehead atoms. The summed E-state index contributed by atoms with van der Waals surface area (Å²) < 4.78 is 0. The van der Waals surface area contributed by atoms with Gasteiger partial charge in [-0.2, -0.15) is 0 Å². The van der Waals surface area contributed by atoms with Gasteiger partial charge in [0.1, 0.15) is 0 Å². The van der Waals surface area contributed by atoms with E-state index in [-0.39, 0.29) is 11.8 Å². The summed E-state index contributed by atoms with van der Waals surface area (Å²) in [6.45, 7) is 4.26. The maximum Gasteiger partial charge on any atom is 0.351 e. The molecule has 1 saturated heterocycles. The fraction of sp³-hybridized carbons (Fsp3) is 0.700. The van der Waals surface area contributed by atoms with Crippen molar-refractivity contribution < 1.29 is 19.5 Å². The lowest BCUT2D eigenvalue weighted by Crippen LogP contribution is -2.52. The van der Waals surface area contributed by atoms with Crippen LogP contribution in [0.3, 0.4) is 0 Å². The van der Waals surface area contributed by atoms with Gasteiger partial charge in [0.15, 0.2) is 0 Å². The Morgan fingerprint density at radius 2 is 2.19 bits per heavy atom. The molecule has 0 saturated carbocycles. The van der Waals surface area contributed by atoms with E-state index in [1.54, 1.807) is 4.90 Å². The van der Waals surface area contributed by atoms with Crippen LogP contribution in [0.4, 0.5) is 0 Å². The van der Waals surface area contributed by atoms with Gasteiger partial charge >= 0.3 is 5.97 Å². The van der Waals surface area contributed by atoms with Crippen molar-refractivity contribution in [3.63, 3.8) is 0 Å². The number of hydrogen-bond acceptors (Lipinski definition) is 4. The molecule has 0 aromatic rings. The van der Waals surface area contributed by atoms with Crippen LogP contribution in [0.5, 0.6) is 0 Å². The Kier molecular flexibility index (Phi) is 2.36. The summed E-state index contributed by atoms with van der Waals surface area (Å²) in [7, 11) is 0.